The van der Waals surface area contributed by atoms with Gasteiger partial charge in [0.2, 0.25) is 0 Å². The molecule has 2 aromatic carbocycles. The summed E-state index contributed by atoms with van der Waals surface area (Å²) >= 11 is 0. The average Bonchev–Trinajstić information content (AvgIpc) is 3.67. The van der Waals surface area contributed by atoms with Crippen LogP contribution in [-0.2, 0) is 4.79 Å². The summed E-state index contributed by atoms with van der Waals surface area (Å²) in [5.74, 6) is -4.14. The van der Waals surface area contributed by atoms with Crippen molar-refractivity contribution in [3.05, 3.63) is 59.7 Å². The Morgan fingerprint density at radius 3 is 2.32 bits per heavy atom. The van der Waals surface area contributed by atoms with Gasteiger partial charge in [-0.25, -0.2) is 13.6 Å². The van der Waals surface area contributed by atoms with Gasteiger partial charge < -0.3 is 10.6 Å². The Kier molecular flexibility index (Phi) is 4.35. The van der Waals surface area contributed by atoms with Crippen molar-refractivity contribution in [2.45, 2.75) is 36.6 Å². The third-order valence-corrected chi connectivity index (χ3v) is 6.39. The highest BCUT2D eigenvalue weighted by molar-refractivity contribution is 6.08. The molecule has 1 aliphatic heterocycles. The Balaban J connectivity index is 1.35. The van der Waals surface area contributed by atoms with Crippen LogP contribution in [0, 0.1) is 5.92 Å². The number of carbonyl (C=O) groups excluding carboxylic acids is 3. The molecule has 0 radical (unpaired) electrons. The van der Waals surface area contributed by atoms with Crippen molar-refractivity contribution in [2.75, 3.05) is 6.54 Å². The Hall–Kier alpha value is -3.29. The van der Waals surface area contributed by atoms with Crippen LogP contribution in [0.2, 0.25) is 0 Å². The lowest BCUT2D eigenvalue weighted by Crippen LogP contribution is -2.57. The zero-order chi connectivity index (χ0) is 21.8. The number of nitrogens with one attached hydrogen (secondary N) is 3. The molecule has 3 N–H and O–H groups in total. The van der Waals surface area contributed by atoms with Gasteiger partial charge in [0.1, 0.15) is 5.54 Å². The van der Waals surface area contributed by atoms with Crippen molar-refractivity contribution in [1.82, 2.24) is 16.0 Å². The van der Waals surface area contributed by atoms with Crippen molar-refractivity contribution < 1.29 is 23.2 Å². The predicted molar refractivity (Wildman–Crippen MR) is 109 cm³/mol. The van der Waals surface area contributed by atoms with E-state index >= 15 is 0 Å². The topological polar surface area (TPSA) is 87.3 Å². The van der Waals surface area contributed by atoms with Gasteiger partial charge in [-0.3, -0.25) is 14.9 Å². The molecule has 2 aliphatic carbocycles. The summed E-state index contributed by atoms with van der Waals surface area (Å²) in [7, 11) is 0. The quantitative estimate of drug-likeness (QED) is 0.622. The van der Waals surface area contributed by atoms with Crippen LogP contribution >= 0.6 is 0 Å². The second-order valence-corrected chi connectivity index (χ2v) is 8.52. The second-order valence-electron chi connectivity index (χ2n) is 8.52. The predicted octanol–water partition coefficient (Wildman–Crippen LogP) is 3.19. The number of rotatable bonds is 6. The molecule has 5 rings (SSSR count). The highest BCUT2D eigenvalue weighted by Crippen LogP contribution is 2.55. The Morgan fingerprint density at radius 1 is 1.06 bits per heavy atom. The summed E-state index contributed by atoms with van der Waals surface area (Å²) in [6, 6.07) is 13.3. The first-order valence-electron chi connectivity index (χ1n) is 10.3. The van der Waals surface area contributed by atoms with Crippen molar-refractivity contribution in [3.8, 4) is 11.1 Å². The highest BCUT2D eigenvalue weighted by Gasteiger charge is 2.57. The number of benzene rings is 2. The van der Waals surface area contributed by atoms with Gasteiger partial charge in [0.15, 0.2) is 0 Å². The fourth-order valence-electron chi connectivity index (χ4n) is 4.36. The molecule has 2 aromatic rings. The number of imide groups is 1. The summed E-state index contributed by atoms with van der Waals surface area (Å²) in [5.41, 5.74) is 1.28. The Labute approximate surface area is 177 Å². The third-order valence-electron chi connectivity index (χ3n) is 6.39. The van der Waals surface area contributed by atoms with Gasteiger partial charge in [-0.1, -0.05) is 42.5 Å². The lowest BCUT2D eigenvalue weighted by atomic mass is 9.92. The van der Waals surface area contributed by atoms with Gasteiger partial charge in [-0.05, 0) is 41.5 Å². The first kappa shape index (κ1) is 19.7. The maximum absolute atomic E-state index is 13.3. The van der Waals surface area contributed by atoms with E-state index in [1.807, 2.05) is 0 Å². The summed E-state index contributed by atoms with van der Waals surface area (Å²) in [6.45, 7) is -0.00188. The summed E-state index contributed by atoms with van der Waals surface area (Å²) in [5, 5.41) is 7.75. The monoisotopic (exact) mass is 425 g/mol. The van der Waals surface area contributed by atoms with Crippen LogP contribution in [-0.4, -0.2) is 35.9 Å². The van der Waals surface area contributed by atoms with E-state index in [9.17, 15) is 23.2 Å². The van der Waals surface area contributed by atoms with Crippen LogP contribution in [0.1, 0.15) is 41.1 Å². The van der Waals surface area contributed by atoms with Gasteiger partial charge in [0.05, 0.1) is 12.5 Å². The van der Waals surface area contributed by atoms with Crippen LogP contribution in [0.3, 0.4) is 0 Å². The molecule has 160 valence electrons. The van der Waals surface area contributed by atoms with E-state index in [1.165, 1.54) is 0 Å². The second kappa shape index (κ2) is 6.87. The third kappa shape index (κ3) is 3.45. The van der Waals surface area contributed by atoms with E-state index in [2.05, 4.69) is 16.0 Å². The number of urea groups is 1. The molecule has 0 bridgehead atoms. The lowest BCUT2D eigenvalue weighted by Gasteiger charge is -2.26. The van der Waals surface area contributed by atoms with Gasteiger partial charge in [-0.15, -0.1) is 0 Å². The van der Waals surface area contributed by atoms with E-state index in [4.69, 9.17) is 0 Å². The first-order valence-corrected chi connectivity index (χ1v) is 10.3. The molecule has 8 heteroatoms. The number of hydrogen-bond acceptors (Lipinski definition) is 3. The number of alkyl halides is 2. The van der Waals surface area contributed by atoms with Crippen LogP contribution < -0.4 is 16.0 Å². The fourth-order valence-corrected chi connectivity index (χ4v) is 4.36. The highest BCUT2D eigenvalue weighted by atomic mass is 19.3. The van der Waals surface area contributed by atoms with Crippen LogP contribution in [0.25, 0.3) is 11.1 Å². The maximum Gasteiger partial charge on any atom is 0.322 e. The smallest absolute Gasteiger partial charge is 0.322 e. The van der Waals surface area contributed by atoms with Gasteiger partial charge in [0, 0.05) is 12.0 Å². The standard InChI is InChI=1S/C23H21F2N3O3/c24-23(25)11-18(23)14-7-5-13(6-8-14)16-3-1-2-4-17(16)19(29)26-12-22(15-9-10-15)20(30)27-21(31)28-22/h1-8,15,18H,9-12H2,(H,26,29)(H2,27,28,30,31)/t18?,22-/m0/s1. The van der Waals surface area contributed by atoms with Gasteiger partial charge in [-0.2, -0.15) is 0 Å². The largest absolute Gasteiger partial charge is 0.349 e. The molecule has 31 heavy (non-hydrogen) atoms. The van der Waals surface area contributed by atoms with Crippen molar-refractivity contribution in [1.29, 1.82) is 0 Å². The van der Waals surface area contributed by atoms with Crippen LogP contribution in [0.15, 0.2) is 48.5 Å². The molecule has 6 nitrogen and oxygen atoms in total. The molecule has 2 atom stereocenters. The number of hydrogen-bond donors (Lipinski definition) is 3. The molecular weight excluding hydrogens is 404 g/mol. The molecule has 1 heterocycles. The SMILES string of the molecule is O=C1NC(=O)[C@](CNC(=O)c2ccccc2-c2ccc(C3CC3(F)F)cc2)(C2CC2)N1. The molecule has 2 saturated carbocycles. The average molecular weight is 425 g/mol. The summed E-state index contributed by atoms with van der Waals surface area (Å²) < 4.78 is 26.6. The molecule has 3 fully saturated rings. The molecule has 0 aromatic heterocycles. The molecule has 1 unspecified atom stereocenters. The molecular formula is C23H21F2N3O3. The van der Waals surface area contributed by atoms with E-state index < -0.39 is 29.3 Å². The number of carbonyl (C=O) groups is 3. The summed E-state index contributed by atoms with van der Waals surface area (Å²) in [4.78, 5) is 37.0. The minimum absolute atomic E-state index is 0.00188. The van der Waals surface area contributed by atoms with Gasteiger partial charge >= 0.3 is 6.03 Å². The van der Waals surface area contributed by atoms with E-state index in [0.29, 0.717) is 16.7 Å². The number of amides is 4. The van der Waals surface area contributed by atoms with Crippen LogP contribution in [0.4, 0.5) is 13.6 Å². The lowest BCUT2D eigenvalue weighted by molar-refractivity contribution is -0.124. The minimum Gasteiger partial charge on any atom is -0.349 e. The van der Waals surface area contributed by atoms with E-state index in [0.717, 1.165) is 18.4 Å². The van der Waals surface area contributed by atoms with Crippen molar-refractivity contribution in [3.63, 3.8) is 0 Å². The van der Waals surface area contributed by atoms with E-state index in [-0.39, 0.29) is 24.8 Å². The molecule has 1 saturated heterocycles. The Morgan fingerprint density at radius 2 is 1.74 bits per heavy atom. The zero-order valence-corrected chi connectivity index (χ0v) is 16.6. The minimum atomic E-state index is -2.63. The zero-order valence-electron chi connectivity index (χ0n) is 16.6. The van der Waals surface area contributed by atoms with Crippen molar-refractivity contribution >= 4 is 17.8 Å². The maximum atomic E-state index is 13.3. The van der Waals surface area contributed by atoms with Crippen LogP contribution in [0.5, 0.6) is 0 Å². The first-order chi connectivity index (χ1) is 14.8. The van der Waals surface area contributed by atoms with E-state index in [1.54, 1.807) is 48.5 Å². The molecule has 4 amide bonds. The normalized spacial score (nSPS) is 26.2. The summed E-state index contributed by atoms with van der Waals surface area (Å²) in [6.07, 6.45) is 1.50. The molecule has 0 spiro atoms. The van der Waals surface area contributed by atoms with Gasteiger partial charge in [0.25, 0.3) is 17.7 Å². The Bertz CT molecular complexity index is 1080. The number of halogens is 2. The fraction of sp³-hybridized carbons (Fsp3) is 0.348. The van der Waals surface area contributed by atoms with Crippen molar-refractivity contribution in [2.24, 2.45) is 5.92 Å². The molecule has 3 aliphatic rings.